The topological polar surface area (TPSA) is 258 Å². The smallest absolute Gasteiger partial charge is 0.355 e. The summed E-state index contributed by atoms with van der Waals surface area (Å²) in [6.45, 7) is 0. The number of azo groups is 1. The van der Waals surface area contributed by atoms with Crippen LogP contribution in [0.5, 0.6) is 0 Å². The third-order valence-corrected chi connectivity index (χ3v) is 8.50. The number of amides is 2. The third kappa shape index (κ3) is 9.90. The number of aromatic nitrogens is 2. The first-order valence-corrected chi connectivity index (χ1v) is 15.9. The van der Waals surface area contributed by atoms with E-state index in [1.165, 1.54) is 24.3 Å². The molecule has 3 aromatic carbocycles. The van der Waals surface area contributed by atoms with Crippen molar-refractivity contribution in [3.05, 3.63) is 76.5 Å². The quantitative estimate of drug-likeness (QED) is 0.114. The molecule has 0 spiro atoms. The number of carboxylic acids is 1. The van der Waals surface area contributed by atoms with Gasteiger partial charge in [0.2, 0.25) is 6.04 Å². The summed E-state index contributed by atoms with van der Waals surface area (Å²) in [5.74, 6) is -3.44. The van der Waals surface area contributed by atoms with Gasteiger partial charge in [-0.15, -0.1) is 0 Å². The molecule has 4 N–H and O–H groups in total. The Morgan fingerprint density at radius 2 is 1.45 bits per heavy atom. The number of hydrogen-bond acceptors (Lipinski definition) is 12. The molecule has 49 heavy (non-hydrogen) atoms. The zero-order chi connectivity index (χ0) is 33.6. The summed E-state index contributed by atoms with van der Waals surface area (Å²) in [4.78, 5) is 44.4. The number of aliphatic carboxylic acids is 1. The van der Waals surface area contributed by atoms with E-state index in [-0.39, 0.29) is 121 Å². The number of halogens is 2. The molecule has 24 heteroatoms. The van der Waals surface area contributed by atoms with Gasteiger partial charge in [0.05, 0.1) is 21.6 Å². The average Bonchev–Trinajstić information content (AvgIpc) is 3.32. The van der Waals surface area contributed by atoms with Crippen molar-refractivity contribution in [2.45, 2.75) is 15.8 Å². The number of carbonyl (C=O) groups excluding carboxylic acids is 2. The predicted octanol–water partition coefficient (Wildman–Crippen LogP) is 2.48. The van der Waals surface area contributed by atoms with Crippen LogP contribution < -0.4 is 10.3 Å². The van der Waals surface area contributed by atoms with Crippen LogP contribution in [0.4, 0.5) is 17.1 Å². The summed E-state index contributed by atoms with van der Waals surface area (Å²) in [6, 6.07) is 9.45. The Kier molecular flexibility index (Phi) is 15.1. The number of carbonyl (C=O) groups is 3. The van der Waals surface area contributed by atoms with Crippen molar-refractivity contribution in [1.82, 2.24) is 9.97 Å². The van der Waals surface area contributed by atoms with E-state index in [1.807, 2.05) is 0 Å². The third-order valence-electron chi connectivity index (χ3n) is 6.13. The first kappa shape index (κ1) is 43.2. The zero-order valence-electron chi connectivity index (χ0n) is 25.3. The van der Waals surface area contributed by atoms with Crippen molar-refractivity contribution >= 4 is 184 Å². The van der Waals surface area contributed by atoms with E-state index in [0.717, 1.165) is 36.4 Å². The molecule has 0 saturated carbocycles. The molecule has 0 aliphatic carbocycles. The molecule has 0 bridgehead atoms. The Bertz CT molecular complexity index is 2260. The van der Waals surface area contributed by atoms with Gasteiger partial charge in [0.25, 0.3) is 32.1 Å². The number of carboxylic acid groups (broad SMARTS) is 1. The summed E-state index contributed by atoms with van der Waals surface area (Å²) < 4.78 is 65.9. The summed E-state index contributed by atoms with van der Waals surface area (Å²) in [5.41, 5.74) is -0.857. The number of anilines is 2. The molecule has 1 unspecified atom stereocenters. The van der Waals surface area contributed by atoms with E-state index >= 15 is 0 Å². The van der Waals surface area contributed by atoms with Crippen molar-refractivity contribution in [3.8, 4) is 0 Å². The van der Waals surface area contributed by atoms with Gasteiger partial charge in [0.1, 0.15) is 10.6 Å². The monoisotopic (exact) mass is 776 g/mol. The molecule has 17 nitrogen and oxygen atoms in total. The normalized spacial score (nSPS) is 14.4. The second kappa shape index (κ2) is 17.1. The van der Waals surface area contributed by atoms with Gasteiger partial charge in [-0.05, 0) is 60.7 Å². The van der Waals surface area contributed by atoms with Crippen LogP contribution in [0.3, 0.4) is 0 Å². The van der Waals surface area contributed by atoms with Crippen LogP contribution in [0.1, 0.15) is 10.4 Å². The fourth-order valence-electron chi connectivity index (χ4n) is 4.01. The van der Waals surface area contributed by atoms with Crippen LogP contribution in [0.2, 0.25) is 10.3 Å². The molecule has 1 aromatic heterocycles. The van der Waals surface area contributed by atoms with E-state index in [9.17, 15) is 40.9 Å². The second-order valence-corrected chi connectivity index (χ2v) is 12.7. The molecule has 1 aliphatic rings. The van der Waals surface area contributed by atoms with E-state index < -0.39 is 65.3 Å². The van der Waals surface area contributed by atoms with E-state index in [0.29, 0.717) is 10.5 Å². The number of nitrogens with zero attached hydrogens (tertiary/aromatic N) is 6. The molecule has 4 aromatic rings. The molecule has 1 aliphatic heterocycles. The molecule has 2 heterocycles. The molecule has 5 rings (SSSR count). The van der Waals surface area contributed by atoms with Crippen molar-refractivity contribution < 1.29 is 45.4 Å². The summed E-state index contributed by atoms with van der Waals surface area (Å²) in [7, 11) is -9.57. The van der Waals surface area contributed by atoms with Gasteiger partial charge in [0, 0.05) is 99.9 Å². The minimum atomic E-state index is -5.01. The summed E-state index contributed by atoms with van der Waals surface area (Å²) in [5, 5.41) is 23.5. The zero-order valence-corrected chi connectivity index (χ0v) is 34.5. The Hall–Kier alpha value is -1.92. The second-order valence-electron chi connectivity index (χ2n) is 9.15. The molecular weight excluding hydrogens is 762 g/mol. The average molecular weight is 777 g/mol. The van der Waals surface area contributed by atoms with E-state index in [4.69, 9.17) is 27.8 Å². The van der Waals surface area contributed by atoms with E-state index in [2.05, 4.69) is 30.6 Å². The Morgan fingerprint density at radius 3 is 2.02 bits per heavy atom. The number of benzene rings is 3. The van der Waals surface area contributed by atoms with Gasteiger partial charge in [-0.1, -0.05) is 23.2 Å². The SMILES string of the molecule is O=C(O)C1=NN(c2ccc(S(=O)(=O)O)cc2)C(=O)C1N=Nc1ccc(NC(=O)c2ccc3nc(Cl)c(Cl)nc3c2)cc1S(=O)(=O)O.[Na].[Na].[Na]. The maximum atomic E-state index is 13.0. The van der Waals surface area contributed by atoms with Crippen LogP contribution >= 0.6 is 23.2 Å². The van der Waals surface area contributed by atoms with Gasteiger partial charge in [0.15, 0.2) is 16.0 Å². The number of nitrogens with one attached hydrogen (secondary N) is 1. The van der Waals surface area contributed by atoms with Crippen LogP contribution in [-0.4, -0.2) is 159 Å². The largest absolute Gasteiger partial charge is 0.477 e. The Morgan fingerprint density at radius 1 is 0.837 bits per heavy atom. The van der Waals surface area contributed by atoms with Gasteiger partial charge >= 0.3 is 5.97 Å². The fourth-order valence-corrected chi connectivity index (χ4v) is 5.41. The van der Waals surface area contributed by atoms with Gasteiger partial charge in [-0.3, -0.25) is 18.7 Å². The summed E-state index contributed by atoms with van der Waals surface area (Å²) in [6.07, 6.45) is 0. The molecule has 2 amide bonds. The maximum Gasteiger partial charge on any atom is 0.355 e. The minimum absolute atomic E-state index is 0. The number of rotatable bonds is 8. The summed E-state index contributed by atoms with van der Waals surface area (Å²) >= 11 is 11.7. The molecule has 0 saturated heterocycles. The molecule has 0 fully saturated rings. The van der Waals surface area contributed by atoms with Crippen LogP contribution in [-0.2, 0) is 29.8 Å². The molecular formula is C25H15Cl2N7Na3O10S2. The number of fused-ring (bicyclic) bond motifs is 1. The Labute approximate surface area is 352 Å². The van der Waals surface area contributed by atoms with Crippen molar-refractivity contribution in [2.24, 2.45) is 15.3 Å². The van der Waals surface area contributed by atoms with Crippen LogP contribution in [0, 0.1) is 0 Å². The van der Waals surface area contributed by atoms with E-state index in [1.54, 1.807) is 0 Å². The first-order chi connectivity index (χ1) is 21.5. The Balaban J connectivity index is 0.00000278. The predicted molar refractivity (Wildman–Crippen MR) is 178 cm³/mol. The van der Waals surface area contributed by atoms with Gasteiger partial charge < -0.3 is 10.4 Å². The maximum absolute atomic E-state index is 13.0. The number of hydrazone groups is 1. The van der Waals surface area contributed by atoms with Gasteiger partial charge in [-0.25, -0.2) is 14.8 Å². The van der Waals surface area contributed by atoms with Crippen LogP contribution in [0.15, 0.2) is 85.8 Å². The van der Waals surface area contributed by atoms with Crippen molar-refractivity contribution in [3.63, 3.8) is 0 Å². The van der Waals surface area contributed by atoms with Crippen LogP contribution in [0.25, 0.3) is 11.0 Å². The minimum Gasteiger partial charge on any atom is -0.477 e. The van der Waals surface area contributed by atoms with Gasteiger partial charge in [-0.2, -0.15) is 37.2 Å². The fraction of sp³-hybridized carbons (Fsp3) is 0.0400. The molecule has 239 valence electrons. The number of hydrogen-bond donors (Lipinski definition) is 4. The standard InChI is InChI=1S/C25H15Cl2N7O10S2.3Na/c26-21-22(27)30-17-9-11(1-7-15(17)29-21)23(35)28-12-2-8-16(18(10-12)46(42,43)44)31-32-19-20(25(37)38)33-34(24(19)36)13-3-5-14(6-4-13)45(39,40)41;;;/h1-10,19H,(H,28,35)(H,37,38)(H,39,40,41)(H,42,43,44);;;. The van der Waals surface area contributed by atoms with Crippen molar-refractivity contribution in [2.75, 3.05) is 10.3 Å². The first-order valence-electron chi connectivity index (χ1n) is 12.2. The molecule has 1 atom stereocenters. The molecule has 3 radical (unpaired) electrons. The van der Waals surface area contributed by atoms with Crippen molar-refractivity contribution in [1.29, 1.82) is 0 Å².